The van der Waals surface area contributed by atoms with E-state index in [0.29, 0.717) is 0 Å². The molecule has 1 nitrogen and oxygen atoms in total. The van der Waals surface area contributed by atoms with Crippen molar-refractivity contribution >= 4 is 10.5 Å². The summed E-state index contributed by atoms with van der Waals surface area (Å²) in [4.78, 5) is 0. The summed E-state index contributed by atoms with van der Waals surface area (Å²) in [5, 5.41) is 0. The summed E-state index contributed by atoms with van der Waals surface area (Å²) >= 11 is 0. The monoisotopic (exact) mass is 130 g/mol. The molecule has 0 saturated carbocycles. The second-order valence-corrected chi connectivity index (χ2v) is 2.31. The van der Waals surface area contributed by atoms with Gasteiger partial charge in [0.15, 0.2) is 0 Å². The molecule has 0 saturated heterocycles. The van der Waals surface area contributed by atoms with Crippen molar-refractivity contribution in [1.82, 2.24) is 0 Å². The second-order valence-electron chi connectivity index (χ2n) is 1.73. The van der Waals surface area contributed by atoms with E-state index < -0.39 is 0 Å². The minimum atomic E-state index is 0.846. The first kappa shape index (κ1) is 7.92. The van der Waals surface area contributed by atoms with E-state index in [1.165, 1.54) is 5.57 Å². The lowest BCUT2D eigenvalue weighted by molar-refractivity contribution is 0.384. The van der Waals surface area contributed by atoms with Crippen LogP contribution in [0.1, 0.15) is 20.3 Å². The van der Waals surface area contributed by atoms with Gasteiger partial charge in [-0.2, -0.15) is 0 Å². The molecule has 0 heterocycles. The van der Waals surface area contributed by atoms with E-state index in [1.54, 1.807) is 0 Å². The Balaban J connectivity index is 3.38. The normalized spacial score (nSPS) is 12.5. The molecule has 0 amide bonds. The fourth-order valence-corrected chi connectivity index (χ4v) is 0.946. The molecule has 0 spiro atoms. The minimum Gasteiger partial charge on any atom is -0.424 e. The van der Waals surface area contributed by atoms with Gasteiger partial charge in [0.2, 0.25) is 0 Å². The Morgan fingerprint density at radius 1 is 1.75 bits per heavy atom. The van der Waals surface area contributed by atoms with Crippen molar-refractivity contribution in [2.75, 3.05) is 6.61 Å². The molecule has 0 fully saturated rings. The molecule has 0 aliphatic heterocycles. The van der Waals surface area contributed by atoms with Crippen LogP contribution in [-0.4, -0.2) is 17.1 Å². The van der Waals surface area contributed by atoms with Gasteiger partial charge in [0.05, 0.1) is 6.61 Å². The molecule has 0 radical (unpaired) electrons. The molecular formula is C6H14OSi. The molecule has 2 heteroatoms. The van der Waals surface area contributed by atoms with Crippen LogP contribution in [0, 0.1) is 0 Å². The third-order valence-electron chi connectivity index (χ3n) is 1.19. The SMILES string of the molecule is CC=C(CC)CO[SiH3]. The van der Waals surface area contributed by atoms with Gasteiger partial charge in [0, 0.05) is 0 Å². The van der Waals surface area contributed by atoms with Crippen molar-refractivity contribution in [3.63, 3.8) is 0 Å². The van der Waals surface area contributed by atoms with Crippen LogP contribution in [-0.2, 0) is 4.43 Å². The third-order valence-corrected chi connectivity index (χ3v) is 1.48. The molecule has 0 aliphatic rings. The molecule has 0 unspecified atom stereocenters. The predicted molar refractivity (Wildman–Crippen MR) is 39.9 cm³/mol. The van der Waals surface area contributed by atoms with Crippen LogP contribution >= 0.6 is 0 Å². The van der Waals surface area contributed by atoms with Crippen LogP contribution in [0.25, 0.3) is 0 Å². The first-order valence-corrected chi connectivity index (χ1v) is 3.79. The van der Waals surface area contributed by atoms with Crippen LogP contribution in [0.4, 0.5) is 0 Å². The Kier molecular flexibility index (Phi) is 5.01. The lowest BCUT2D eigenvalue weighted by Crippen LogP contribution is -1.92. The van der Waals surface area contributed by atoms with E-state index >= 15 is 0 Å². The molecule has 0 aromatic heterocycles. The largest absolute Gasteiger partial charge is 0.424 e. The zero-order chi connectivity index (χ0) is 6.41. The summed E-state index contributed by atoms with van der Waals surface area (Å²) in [6.45, 7) is 5.05. The number of rotatable bonds is 3. The van der Waals surface area contributed by atoms with E-state index in [0.717, 1.165) is 23.5 Å². The van der Waals surface area contributed by atoms with Gasteiger partial charge in [-0.15, -0.1) is 0 Å². The maximum absolute atomic E-state index is 5.06. The van der Waals surface area contributed by atoms with E-state index in [-0.39, 0.29) is 0 Å². The van der Waals surface area contributed by atoms with Gasteiger partial charge in [-0.25, -0.2) is 0 Å². The van der Waals surface area contributed by atoms with Gasteiger partial charge < -0.3 is 4.43 Å². The summed E-state index contributed by atoms with van der Waals surface area (Å²) < 4.78 is 5.06. The number of hydrogen-bond donors (Lipinski definition) is 0. The molecule has 48 valence electrons. The van der Waals surface area contributed by atoms with Crippen LogP contribution in [0.15, 0.2) is 11.6 Å². The smallest absolute Gasteiger partial charge is 0.146 e. The maximum atomic E-state index is 5.06. The van der Waals surface area contributed by atoms with Crippen molar-refractivity contribution in [2.24, 2.45) is 0 Å². The molecule has 0 aliphatic carbocycles. The zero-order valence-corrected chi connectivity index (χ0v) is 7.90. The predicted octanol–water partition coefficient (Wildman–Crippen LogP) is 0.640. The Bertz CT molecular complexity index is 78.6. The van der Waals surface area contributed by atoms with Gasteiger partial charge >= 0.3 is 0 Å². The lowest BCUT2D eigenvalue weighted by atomic mass is 10.2. The molecule has 8 heavy (non-hydrogen) atoms. The molecule has 0 bridgehead atoms. The number of allylic oxidation sites excluding steroid dienone is 1. The highest BCUT2D eigenvalue weighted by Crippen LogP contribution is 1.98. The van der Waals surface area contributed by atoms with Crippen LogP contribution in [0.5, 0.6) is 0 Å². The Morgan fingerprint density at radius 2 is 2.38 bits per heavy atom. The van der Waals surface area contributed by atoms with E-state index in [1.807, 2.05) is 0 Å². The summed E-state index contributed by atoms with van der Waals surface area (Å²) in [7, 11) is 0.855. The summed E-state index contributed by atoms with van der Waals surface area (Å²) in [5.74, 6) is 0. The van der Waals surface area contributed by atoms with Crippen molar-refractivity contribution in [3.8, 4) is 0 Å². The highest BCUT2D eigenvalue weighted by Gasteiger charge is 1.86. The van der Waals surface area contributed by atoms with E-state index in [4.69, 9.17) is 4.43 Å². The minimum absolute atomic E-state index is 0.846. The fourth-order valence-electron chi connectivity index (χ4n) is 0.575. The lowest BCUT2D eigenvalue weighted by Gasteiger charge is -1.99. The Morgan fingerprint density at radius 3 is 2.50 bits per heavy atom. The van der Waals surface area contributed by atoms with Crippen LogP contribution in [0.3, 0.4) is 0 Å². The summed E-state index contributed by atoms with van der Waals surface area (Å²) in [5.41, 5.74) is 1.40. The first-order valence-electron chi connectivity index (χ1n) is 2.98. The third kappa shape index (κ3) is 2.99. The molecule has 0 rings (SSSR count). The van der Waals surface area contributed by atoms with Crippen molar-refractivity contribution in [1.29, 1.82) is 0 Å². The topological polar surface area (TPSA) is 9.23 Å². The molecular weight excluding hydrogens is 116 g/mol. The van der Waals surface area contributed by atoms with Crippen molar-refractivity contribution in [3.05, 3.63) is 11.6 Å². The first-order chi connectivity index (χ1) is 3.85. The molecule has 0 aromatic carbocycles. The van der Waals surface area contributed by atoms with Crippen molar-refractivity contribution in [2.45, 2.75) is 20.3 Å². The highest BCUT2D eigenvalue weighted by molar-refractivity contribution is 5.98. The average molecular weight is 130 g/mol. The van der Waals surface area contributed by atoms with Gasteiger partial charge in [-0.05, 0) is 13.3 Å². The van der Waals surface area contributed by atoms with Crippen molar-refractivity contribution < 1.29 is 4.43 Å². The van der Waals surface area contributed by atoms with Gasteiger partial charge in [-0.1, -0.05) is 18.6 Å². The highest BCUT2D eigenvalue weighted by atomic mass is 28.2. The fraction of sp³-hybridized carbons (Fsp3) is 0.667. The summed E-state index contributed by atoms with van der Waals surface area (Å²) in [6, 6.07) is 0. The molecule has 0 N–H and O–H groups in total. The van der Waals surface area contributed by atoms with E-state index in [2.05, 4.69) is 19.9 Å². The summed E-state index contributed by atoms with van der Waals surface area (Å²) in [6.07, 6.45) is 3.25. The second kappa shape index (κ2) is 5.06. The molecule has 0 atom stereocenters. The Hall–Kier alpha value is -0.0831. The maximum Gasteiger partial charge on any atom is 0.146 e. The van der Waals surface area contributed by atoms with Gasteiger partial charge in [0.25, 0.3) is 0 Å². The Labute approximate surface area is 54.3 Å². The average Bonchev–Trinajstić information content (AvgIpc) is 1.83. The molecule has 0 aromatic rings. The quantitative estimate of drug-likeness (QED) is 0.402. The van der Waals surface area contributed by atoms with Gasteiger partial charge in [-0.3, -0.25) is 0 Å². The van der Waals surface area contributed by atoms with Crippen LogP contribution < -0.4 is 0 Å². The van der Waals surface area contributed by atoms with E-state index in [9.17, 15) is 0 Å². The zero-order valence-electron chi connectivity index (χ0n) is 5.90. The van der Waals surface area contributed by atoms with Crippen LogP contribution in [0.2, 0.25) is 0 Å². The standard InChI is InChI=1S/C6H14OSi/c1-3-6(4-2)5-7-8/h3H,4-5H2,1-2,8H3. The van der Waals surface area contributed by atoms with Gasteiger partial charge in [0.1, 0.15) is 10.5 Å². The number of hydrogen-bond acceptors (Lipinski definition) is 1.